The van der Waals surface area contributed by atoms with Gasteiger partial charge in [-0.1, -0.05) is 84.0 Å². The van der Waals surface area contributed by atoms with Crippen LogP contribution < -0.4 is 5.43 Å². The fraction of sp³-hybridized carbons (Fsp3) is 0.0435. The Kier molecular flexibility index (Phi) is 6.76. The van der Waals surface area contributed by atoms with Crippen LogP contribution >= 0.6 is 23.4 Å². The van der Waals surface area contributed by atoms with Crippen molar-refractivity contribution < 1.29 is 4.79 Å². The summed E-state index contributed by atoms with van der Waals surface area (Å²) in [7, 11) is 0. The molecule has 0 atom stereocenters. The number of amides is 1. The molecule has 0 aliphatic heterocycles. The van der Waals surface area contributed by atoms with Crippen LogP contribution in [0.5, 0.6) is 0 Å². The minimum atomic E-state index is -0.237. The van der Waals surface area contributed by atoms with Crippen LogP contribution in [-0.4, -0.2) is 32.6 Å². The topological polar surface area (TPSA) is 72.2 Å². The third-order valence-electron chi connectivity index (χ3n) is 4.28. The lowest BCUT2D eigenvalue weighted by Gasteiger charge is -2.10. The molecule has 0 unspecified atom stereocenters. The van der Waals surface area contributed by atoms with Gasteiger partial charge in [0.2, 0.25) is 0 Å². The Morgan fingerprint density at radius 2 is 1.65 bits per heavy atom. The van der Waals surface area contributed by atoms with E-state index in [-0.39, 0.29) is 11.7 Å². The lowest BCUT2D eigenvalue weighted by molar-refractivity contribution is -0.118. The maximum Gasteiger partial charge on any atom is 0.250 e. The molecular formula is C23H18ClN5OS. The maximum absolute atomic E-state index is 12.3. The van der Waals surface area contributed by atoms with E-state index in [1.54, 1.807) is 18.3 Å². The van der Waals surface area contributed by atoms with Gasteiger partial charge in [-0.05, 0) is 29.8 Å². The number of hydrogen-bond donors (Lipinski definition) is 1. The fourth-order valence-corrected chi connectivity index (χ4v) is 3.71. The highest BCUT2D eigenvalue weighted by Gasteiger charge is 2.16. The number of carbonyl (C=O) groups excluding carboxylic acids is 1. The molecular weight excluding hydrogens is 430 g/mol. The number of carbonyl (C=O) groups is 1. The van der Waals surface area contributed by atoms with Crippen LogP contribution in [0.25, 0.3) is 17.1 Å². The zero-order valence-electron chi connectivity index (χ0n) is 16.4. The molecule has 4 aromatic rings. The second-order valence-electron chi connectivity index (χ2n) is 6.48. The van der Waals surface area contributed by atoms with E-state index in [1.807, 2.05) is 77.4 Å². The minimum absolute atomic E-state index is 0.151. The third-order valence-corrected chi connectivity index (χ3v) is 5.47. The minimum Gasteiger partial charge on any atom is -0.272 e. The van der Waals surface area contributed by atoms with Gasteiger partial charge in [0.1, 0.15) is 0 Å². The summed E-state index contributed by atoms with van der Waals surface area (Å²) >= 11 is 7.16. The van der Waals surface area contributed by atoms with Crippen molar-refractivity contribution in [3.63, 3.8) is 0 Å². The smallest absolute Gasteiger partial charge is 0.250 e. The first kappa shape index (κ1) is 20.8. The van der Waals surface area contributed by atoms with Gasteiger partial charge in [-0.2, -0.15) is 5.10 Å². The molecule has 6 nitrogen and oxygen atoms in total. The maximum atomic E-state index is 12.3. The van der Waals surface area contributed by atoms with Crippen LogP contribution in [0, 0.1) is 0 Å². The van der Waals surface area contributed by atoms with Crippen LogP contribution in [0.2, 0.25) is 5.02 Å². The highest BCUT2D eigenvalue weighted by molar-refractivity contribution is 7.99. The van der Waals surface area contributed by atoms with Crippen molar-refractivity contribution in [3.05, 3.63) is 95.5 Å². The van der Waals surface area contributed by atoms with E-state index in [4.69, 9.17) is 11.6 Å². The number of nitrogens with one attached hydrogen (secondary N) is 1. The average Bonchev–Trinajstić information content (AvgIpc) is 3.24. The Morgan fingerprint density at radius 1 is 0.968 bits per heavy atom. The Labute approximate surface area is 189 Å². The van der Waals surface area contributed by atoms with Crippen molar-refractivity contribution in [1.82, 2.24) is 20.2 Å². The van der Waals surface area contributed by atoms with Crippen molar-refractivity contribution in [3.8, 4) is 17.1 Å². The van der Waals surface area contributed by atoms with Crippen LogP contribution in [0.1, 0.15) is 5.56 Å². The summed E-state index contributed by atoms with van der Waals surface area (Å²) in [6.45, 7) is 0. The Hall–Kier alpha value is -3.42. The SMILES string of the molecule is O=C(CSc1nnc(-c2ccccc2)n1-c1ccccc1)NN=Cc1ccc(Cl)cc1. The summed E-state index contributed by atoms with van der Waals surface area (Å²) in [4.78, 5) is 12.3. The van der Waals surface area contributed by atoms with Gasteiger partial charge in [-0.3, -0.25) is 9.36 Å². The second kappa shape index (κ2) is 10.1. The van der Waals surface area contributed by atoms with Crippen molar-refractivity contribution in [1.29, 1.82) is 0 Å². The molecule has 4 rings (SSSR count). The first-order chi connectivity index (χ1) is 15.2. The van der Waals surface area contributed by atoms with Crippen LogP contribution in [0.15, 0.2) is 95.2 Å². The normalized spacial score (nSPS) is 11.0. The highest BCUT2D eigenvalue weighted by Crippen LogP contribution is 2.27. The van der Waals surface area contributed by atoms with Gasteiger partial charge in [0.25, 0.3) is 5.91 Å². The van der Waals surface area contributed by atoms with E-state index in [2.05, 4.69) is 20.7 Å². The Morgan fingerprint density at radius 3 is 2.35 bits per heavy atom. The van der Waals surface area contributed by atoms with Gasteiger partial charge in [0.05, 0.1) is 12.0 Å². The van der Waals surface area contributed by atoms with E-state index in [0.29, 0.717) is 10.2 Å². The molecule has 0 fully saturated rings. The lowest BCUT2D eigenvalue weighted by atomic mass is 10.2. The number of halogens is 1. The molecule has 3 aromatic carbocycles. The molecule has 0 saturated heterocycles. The van der Waals surface area contributed by atoms with Crippen LogP contribution in [-0.2, 0) is 4.79 Å². The van der Waals surface area contributed by atoms with Gasteiger partial charge in [0.15, 0.2) is 11.0 Å². The first-order valence-corrected chi connectivity index (χ1v) is 10.8. The van der Waals surface area contributed by atoms with E-state index in [0.717, 1.165) is 22.6 Å². The molecule has 1 aromatic heterocycles. The predicted octanol–water partition coefficient (Wildman–Crippen LogP) is 4.83. The standard InChI is InChI=1S/C23H18ClN5OS/c24-19-13-11-17(12-14-19)15-25-26-21(30)16-31-23-28-27-22(18-7-3-1-4-8-18)29(23)20-9-5-2-6-10-20/h1-15H,16H2,(H,26,30). The molecule has 0 bridgehead atoms. The molecule has 1 N–H and O–H groups in total. The molecule has 1 amide bonds. The van der Waals surface area contributed by atoms with E-state index in [9.17, 15) is 4.79 Å². The summed E-state index contributed by atoms with van der Waals surface area (Å²) in [6.07, 6.45) is 1.57. The zero-order chi connectivity index (χ0) is 21.5. The number of thioether (sulfide) groups is 1. The quantitative estimate of drug-likeness (QED) is 0.250. The van der Waals surface area contributed by atoms with Crippen LogP contribution in [0.3, 0.4) is 0 Å². The molecule has 8 heteroatoms. The lowest BCUT2D eigenvalue weighted by Crippen LogP contribution is -2.20. The Bertz CT molecular complexity index is 1180. The first-order valence-electron chi connectivity index (χ1n) is 9.47. The van der Waals surface area contributed by atoms with Crippen molar-refractivity contribution in [2.75, 3.05) is 5.75 Å². The molecule has 0 aliphatic rings. The molecule has 31 heavy (non-hydrogen) atoms. The average molecular weight is 448 g/mol. The van der Waals surface area contributed by atoms with E-state index in [1.165, 1.54) is 11.8 Å². The fourth-order valence-electron chi connectivity index (χ4n) is 2.84. The van der Waals surface area contributed by atoms with Gasteiger partial charge in [-0.25, -0.2) is 5.43 Å². The van der Waals surface area contributed by atoms with E-state index >= 15 is 0 Å². The summed E-state index contributed by atoms with van der Waals surface area (Å²) in [6, 6.07) is 26.8. The number of rotatable bonds is 7. The summed E-state index contributed by atoms with van der Waals surface area (Å²) < 4.78 is 1.95. The van der Waals surface area contributed by atoms with Gasteiger partial charge in [0, 0.05) is 16.3 Å². The zero-order valence-corrected chi connectivity index (χ0v) is 17.9. The number of para-hydroxylation sites is 1. The van der Waals surface area contributed by atoms with Crippen molar-refractivity contribution in [2.45, 2.75) is 5.16 Å². The third kappa shape index (κ3) is 5.39. The molecule has 0 spiro atoms. The molecule has 1 heterocycles. The van der Waals surface area contributed by atoms with Gasteiger partial charge < -0.3 is 0 Å². The van der Waals surface area contributed by atoms with Crippen LogP contribution in [0.4, 0.5) is 0 Å². The van der Waals surface area contributed by atoms with E-state index < -0.39 is 0 Å². The largest absolute Gasteiger partial charge is 0.272 e. The summed E-state index contributed by atoms with van der Waals surface area (Å²) in [5, 5.41) is 14.0. The highest BCUT2D eigenvalue weighted by atomic mass is 35.5. The van der Waals surface area contributed by atoms with Gasteiger partial charge >= 0.3 is 0 Å². The van der Waals surface area contributed by atoms with Crippen molar-refractivity contribution >= 4 is 35.5 Å². The van der Waals surface area contributed by atoms with Gasteiger partial charge in [-0.15, -0.1) is 10.2 Å². The van der Waals surface area contributed by atoms with Crippen molar-refractivity contribution in [2.24, 2.45) is 5.10 Å². The molecule has 0 radical (unpaired) electrons. The second-order valence-corrected chi connectivity index (χ2v) is 7.86. The monoisotopic (exact) mass is 447 g/mol. The number of hydrogen-bond acceptors (Lipinski definition) is 5. The molecule has 0 saturated carbocycles. The number of benzene rings is 3. The number of aromatic nitrogens is 3. The summed E-state index contributed by atoms with van der Waals surface area (Å²) in [5.41, 5.74) is 5.25. The number of hydrazone groups is 1. The molecule has 0 aliphatic carbocycles. The molecule has 154 valence electrons. The number of nitrogens with zero attached hydrogens (tertiary/aromatic N) is 4. The Balaban J connectivity index is 1.47. The summed E-state index contributed by atoms with van der Waals surface area (Å²) in [5.74, 6) is 0.632. The predicted molar refractivity (Wildman–Crippen MR) is 125 cm³/mol.